The first-order valence-electron chi connectivity index (χ1n) is 3.09. The minimum atomic E-state index is 0.637. The van der Waals surface area contributed by atoms with Crippen LogP contribution >= 0.6 is 11.8 Å². The fraction of sp³-hybridized carbons (Fsp3) is 0.500. The van der Waals surface area contributed by atoms with E-state index in [1.165, 1.54) is 4.91 Å². The van der Waals surface area contributed by atoms with Crippen LogP contribution in [-0.4, -0.2) is 6.26 Å². The summed E-state index contributed by atoms with van der Waals surface area (Å²) in [6, 6.07) is 0. The molecule has 52 valence electrons. The van der Waals surface area contributed by atoms with Crippen molar-refractivity contribution in [3.8, 4) is 0 Å². The average molecular weight is 142 g/mol. The second-order valence-corrected chi connectivity index (χ2v) is 3.04. The third-order valence-corrected chi connectivity index (χ3v) is 2.17. The Kier molecular flexibility index (Phi) is 4.60. The quantitative estimate of drug-likeness (QED) is 0.546. The maximum atomic E-state index is 3.64. The maximum absolute atomic E-state index is 3.64. The first kappa shape index (κ1) is 8.83. The van der Waals surface area contributed by atoms with Gasteiger partial charge in [-0.2, -0.15) is 0 Å². The number of thioether (sulfide) groups is 1. The van der Waals surface area contributed by atoms with Crippen molar-refractivity contribution in [2.24, 2.45) is 5.92 Å². The van der Waals surface area contributed by atoms with E-state index in [1.54, 1.807) is 11.8 Å². The van der Waals surface area contributed by atoms with Crippen LogP contribution < -0.4 is 0 Å². The van der Waals surface area contributed by atoms with Crippen molar-refractivity contribution in [2.75, 3.05) is 6.26 Å². The van der Waals surface area contributed by atoms with Crippen molar-refractivity contribution < 1.29 is 0 Å². The van der Waals surface area contributed by atoms with Gasteiger partial charge in [0.05, 0.1) is 0 Å². The molecular formula is C8H14S. The van der Waals surface area contributed by atoms with Crippen LogP contribution in [0.25, 0.3) is 0 Å². The lowest BCUT2D eigenvalue weighted by Crippen LogP contribution is -1.86. The van der Waals surface area contributed by atoms with E-state index >= 15 is 0 Å². The molecule has 0 atom stereocenters. The second kappa shape index (κ2) is 4.68. The fourth-order valence-electron chi connectivity index (χ4n) is 0.612. The largest absolute Gasteiger partial charge is 0.134 e. The summed E-state index contributed by atoms with van der Waals surface area (Å²) in [5, 5.41) is 0. The molecule has 0 aromatic heterocycles. The van der Waals surface area contributed by atoms with Crippen LogP contribution in [0.1, 0.15) is 13.8 Å². The van der Waals surface area contributed by atoms with Crippen molar-refractivity contribution in [1.29, 1.82) is 0 Å². The van der Waals surface area contributed by atoms with Crippen LogP contribution in [0, 0.1) is 5.92 Å². The maximum Gasteiger partial charge on any atom is -0.0130 e. The Morgan fingerprint density at radius 1 is 1.56 bits per heavy atom. The van der Waals surface area contributed by atoms with Crippen LogP contribution in [0.3, 0.4) is 0 Å². The van der Waals surface area contributed by atoms with E-state index in [1.807, 2.05) is 6.08 Å². The van der Waals surface area contributed by atoms with Crippen molar-refractivity contribution in [3.05, 3.63) is 23.6 Å². The molecule has 0 bridgehead atoms. The summed E-state index contributed by atoms with van der Waals surface area (Å²) < 4.78 is 0. The van der Waals surface area contributed by atoms with E-state index in [0.717, 1.165) is 0 Å². The van der Waals surface area contributed by atoms with Crippen molar-refractivity contribution in [2.45, 2.75) is 13.8 Å². The first-order chi connectivity index (χ1) is 4.22. The first-order valence-corrected chi connectivity index (χ1v) is 4.31. The molecule has 0 aliphatic rings. The average Bonchev–Trinajstić information content (AvgIpc) is 1.82. The normalized spacial score (nSPS) is 12.2. The van der Waals surface area contributed by atoms with E-state index in [2.05, 4.69) is 32.8 Å². The van der Waals surface area contributed by atoms with Gasteiger partial charge in [0.25, 0.3) is 0 Å². The van der Waals surface area contributed by atoms with Gasteiger partial charge >= 0.3 is 0 Å². The van der Waals surface area contributed by atoms with Crippen LogP contribution in [0.5, 0.6) is 0 Å². The highest BCUT2D eigenvalue weighted by Crippen LogP contribution is 2.20. The second-order valence-electron chi connectivity index (χ2n) is 2.16. The molecule has 0 spiro atoms. The molecule has 0 saturated heterocycles. The molecule has 0 amide bonds. The van der Waals surface area contributed by atoms with Gasteiger partial charge in [-0.15, -0.1) is 11.8 Å². The Bertz CT molecular complexity index is 112. The molecule has 0 nitrogen and oxygen atoms in total. The Morgan fingerprint density at radius 2 is 2.11 bits per heavy atom. The summed E-state index contributed by atoms with van der Waals surface area (Å²) in [6.07, 6.45) is 6.00. The highest BCUT2D eigenvalue weighted by Gasteiger charge is 1.97. The Hall–Kier alpha value is -0.170. The molecule has 1 heteroatoms. The Labute approximate surface area is 62.0 Å². The highest BCUT2D eigenvalue weighted by molar-refractivity contribution is 8.02. The Balaban J connectivity index is 3.96. The monoisotopic (exact) mass is 142 g/mol. The predicted octanol–water partition coefficient (Wildman–Crippen LogP) is 3.08. The SMILES string of the molecule is C=C/C=C(\SC)C(C)C. The highest BCUT2D eigenvalue weighted by atomic mass is 32.2. The Morgan fingerprint density at radius 3 is 2.22 bits per heavy atom. The van der Waals surface area contributed by atoms with Gasteiger partial charge in [-0.1, -0.05) is 32.6 Å². The molecule has 0 aliphatic carbocycles. The summed E-state index contributed by atoms with van der Waals surface area (Å²) in [4.78, 5) is 1.39. The third kappa shape index (κ3) is 3.41. The predicted molar refractivity (Wildman–Crippen MR) is 46.6 cm³/mol. The van der Waals surface area contributed by atoms with Crippen LogP contribution in [0.4, 0.5) is 0 Å². The van der Waals surface area contributed by atoms with Gasteiger partial charge in [0.15, 0.2) is 0 Å². The van der Waals surface area contributed by atoms with Crippen LogP contribution in [0.15, 0.2) is 23.6 Å². The molecule has 0 heterocycles. The lowest BCUT2D eigenvalue weighted by molar-refractivity contribution is 0.817. The van der Waals surface area contributed by atoms with E-state index in [0.29, 0.717) is 5.92 Å². The molecular weight excluding hydrogens is 128 g/mol. The minimum Gasteiger partial charge on any atom is -0.134 e. The number of hydrogen-bond acceptors (Lipinski definition) is 1. The molecule has 9 heavy (non-hydrogen) atoms. The number of rotatable bonds is 3. The lowest BCUT2D eigenvalue weighted by atomic mass is 10.2. The van der Waals surface area contributed by atoms with Crippen LogP contribution in [0.2, 0.25) is 0 Å². The smallest absolute Gasteiger partial charge is 0.0130 e. The van der Waals surface area contributed by atoms with Gasteiger partial charge in [0, 0.05) is 0 Å². The van der Waals surface area contributed by atoms with E-state index < -0.39 is 0 Å². The summed E-state index contributed by atoms with van der Waals surface area (Å²) in [5.74, 6) is 0.637. The molecule has 0 aromatic rings. The van der Waals surface area contributed by atoms with E-state index in [4.69, 9.17) is 0 Å². The number of hydrogen-bond donors (Lipinski definition) is 0. The van der Waals surface area contributed by atoms with Gasteiger partial charge < -0.3 is 0 Å². The molecule has 0 aliphatic heterocycles. The lowest BCUT2D eigenvalue weighted by Gasteiger charge is -2.05. The molecule has 0 saturated carbocycles. The topological polar surface area (TPSA) is 0 Å². The zero-order chi connectivity index (χ0) is 7.28. The number of allylic oxidation sites excluding steroid dienone is 3. The standard InChI is InChI=1S/C8H14S/c1-5-6-8(9-4)7(2)3/h5-7H,1H2,2-4H3/b8-6-. The summed E-state index contributed by atoms with van der Waals surface area (Å²) >= 11 is 1.79. The molecule has 0 N–H and O–H groups in total. The van der Waals surface area contributed by atoms with Crippen molar-refractivity contribution in [3.63, 3.8) is 0 Å². The summed E-state index contributed by atoms with van der Waals surface area (Å²) in [7, 11) is 0. The van der Waals surface area contributed by atoms with Crippen LogP contribution in [-0.2, 0) is 0 Å². The van der Waals surface area contributed by atoms with E-state index in [9.17, 15) is 0 Å². The minimum absolute atomic E-state index is 0.637. The fourth-order valence-corrected chi connectivity index (χ4v) is 1.32. The third-order valence-electron chi connectivity index (χ3n) is 1.09. The molecule has 0 radical (unpaired) electrons. The molecule has 0 unspecified atom stereocenters. The summed E-state index contributed by atoms with van der Waals surface area (Å²) in [6.45, 7) is 8.01. The zero-order valence-electron chi connectivity index (χ0n) is 6.35. The van der Waals surface area contributed by atoms with Gasteiger partial charge in [-0.3, -0.25) is 0 Å². The zero-order valence-corrected chi connectivity index (χ0v) is 7.16. The molecule has 0 rings (SSSR count). The van der Waals surface area contributed by atoms with Gasteiger partial charge in [0.1, 0.15) is 0 Å². The van der Waals surface area contributed by atoms with E-state index in [-0.39, 0.29) is 0 Å². The van der Waals surface area contributed by atoms with Crippen molar-refractivity contribution in [1.82, 2.24) is 0 Å². The summed E-state index contributed by atoms with van der Waals surface area (Å²) in [5.41, 5.74) is 0. The van der Waals surface area contributed by atoms with Crippen molar-refractivity contribution >= 4 is 11.8 Å². The van der Waals surface area contributed by atoms with Gasteiger partial charge in [0.2, 0.25) is 0 Å². The van der Waals surface area contributed by atoms with Gasteiger partial charge in [-0.05, 0) is 17.1 Å². The molecule has 0 aromatic carbocycles. The van der Waals surface area contributed by atoms with Gasteiger partial charge in [-0.25, -0.2) is 0 Å². The molecule has 0 fully saturated rings.